The number of piperazine rings is 1. The molecule has 0 aromatic heterocycles. The fourth-order valence-electron chi connectivity index (χ4n) is 2.42. The van der Waals surface area contributed by atoms with Crippen molar-refractivity contribution < 1.29 is 10.2 Å². The Morgan fingerprint density at radius 3 is 1.22 bits per heavy atom. The van der Waals surface area contributed by atoms with Crippen molar-refractivity contribution in [3.05, 3.63) is 0 Å². The minimum absolute atomic E-state index is 0.00740. The van der Waals surface area contributed by atoms with Gasteiger partial charge in [0.1, 0.15) is 0 Å². The van der Waals surface area contributed by atoms with Gasteiger partial charge in [-0.3, -0.25) is 0 Å². The van der Waals surface area contributed by atoms with E-state index in [9.17, 15) is 10.2 Å². The number of nitrogens with zero attached hydrogens (tertiary/aromatic N) is 2. The van der Waals surface area contributed by atoms with E-state index in [2.05, 4.69) is 37.5 Å². The highest BCUT2D eigenvalue weighted by Gasteiger charge is 2.27. The molecule has 0 aromatic carbocycles. The monoisotopic (exact) mass is 258 g/mol. The van der Waals surface area contributed by atoms with Gasteiger partial charge in [-0.1, -0.05) is 27.7 Å². The van der Waals surface area contributed by atoms with Crippen LogP contribution in [0.1, 0.15) is 27.7 Å². The summed E-state index contributed by atoms with van der Waals surface area (Å²) in [5.74, 6) is 0. The third-order valence-corrected chi connectivity index (χ3v) is 3.62. The summed E-state index contributed by atoms with van der Waals surface area (Å²) >= 11 is 0. The van der Waals surface area contributed by atoms with Gasteiger partial charge >= 0.3 is 0 Å². The van der Waals surface area contributed by atoms with E-state index < -0.39 is 0 Å². The van der Waals surface area contributed by atoms with E-state index in [1.54, 1.807) is 0 Å². The second kappa shape index (κ2) is 6.33. The third kappa shape index (κ3) is 5.22. The second-order valence-electron chi connectivity index (χ2n) is 7.20. The Morgan fingerprint density at radius 2 is 1.00 bits per heavy atom. The van der Waals surface area contributed by atoms with E-state index in [-0.39, 0.29) is 24.0 Å². The van der Waals surface area contributed by atoms with E-state index in [1.807, 2.05) is 0 Å². The van der Waals surface area contributed by atoms with Gasteiger partial charge in [0.15, 0.2) is 0 Å². The molecule has 0 radical (unpaired) electrons. The molecule has 1 heterocycles. The maximum Gasteiger partial charge on any atom is 0.0494 e. The molecular formula is C14H30N2O2. The molecule has 0 atom stereocenters. The maximum absolute atomic E-state index is 9.30. The van der Waals surface area contributed by atoms with Crippen molar-refractivity contribution in [1.82, 2.24) is 9.80 Å². The minimum Gasteiger partial charge on any atom is -0.396 e. The molecule has 0 amide bonds. The topological polar surface area (TPSA) is 46.9 Å². The quantitative estimate of drug-likeness (QED) is 0.734. The van der Waals surface area contributed by atoms with Crippen LogP contribution in [0.3, 0.4) is 0 Å². The molecule has 1 aliphatic rings. The lowest BCUT2D eigenvalue weighted by molar-refractivity contribution is 0.0411. The highest BCUT2D eigenvalue weighted by Crippen LogP contribution is 2.19. The molecule has 4 heteroatoms. The Balaban J connectivity index is 2.33. The van der Waals surface area contributed by atoms with Crippen LogP contribution in [0.25, 0.3) is 0 Å². The lowest BCUT2D eigenvalue weighted by atomic mass is 9.92. The number of aliphatic hydroxyl groups excluding tert-OH is 2. The van der Waals surface area contributed by atoms with Crippen molar-refractivity contribution >= 4 is 0 Å². The molecule has 1 rings (SSSR count). The molecule has 1 fully saturated rings. The first-order chi connectivity index (χ1) is 8.28. The standard InChI is InChI=1S/C14H30N2O2/c1-13(2,11-17)9-15-5-7-16(8-6-15)10-14(3,4)12-18/h17-18H,5-12H2,1-4H3. The second-order valence-corrected chi connectivity index (χ2v) is 7.20. The first kappa shape index (κ1) is 15.9. The molecule has 0 unspecified atom stereocenters. The van der Waals surface area contributed by atoms with E-state index in [0.717, 1.165) is 39.3 Å². The molecule has 1 saturated heterocycles. The van der Waals surface area contributed by atoms with Crippen molar-refractivity contribution in [2.75, 3.05) is 52.5 Å². The van der Waals surface area contributed by atoms with Gasteiger partial charge in [-0.15, -0.1) is 0 Å². The molecule has 18 heavy (non-hydrogen) atoms. The first-order valence-corrected chi connectivity index (χ1v) is 6.94. The van der Waals surface area contributed by atoms with Gasteiger partial charge in [0.25, 0.3) is 0 Å². The Kier molecular flexibility index (Phi) is 5.59. The Bertz CT molecular complexity index is 220. The van der Waals surface area contributed by atoms with Crippen molar-refractivity contribution in [3.8, 4) is 0 Å². The average Bonchev–Trinajstić information content (AvgIpc) is 2.31. The van der Waals surface area contributed by atoms with Crippen LogP contribution in [0, 0.1) is 10.8 Å². The number of aliphatic hydroxyl groups is 2. The molecule has 4 nitrogen and oxygen atoms in total. The maximum atomic E-state index is 9.30. The summed E-state index contributed by atoms with van der Waals surface area (Å²) < 4.78 is 0. The third-order valence-electron chi connectivity index (χ3n) is 3.62. The highest BCUT2D eigenvalue weighted by atomic mass is 16.3. The molecule has 0 aliphatic carbocycles. The zero-order valence-corrected chi connectivity index (χ0v) is 12.4. The summed E-state index contributed by atoms with van der Waals surface area (Å²) in [4.78, 5) is 4.86. The summed E-state index contributed by atoms with van der Waals surface area (Å²) in [5, 5.41) is 18.6. The van der Waals surface area contributed by atoms with Gasteiger partial charge in [0, 0.05) is 63.3 Å². The molecule has 108 valence electrons. The Labute approximate surface area is 112 Å². The Hall–Kier alpha value is -0.160. The van der Waals surface area contributed by atoms with E-state index in [0.29, 0.717) is 0 Å². The fraction of sp³-hybridized carbons (Fsp3) is 1.00. The van der Waals surface area contributed by atoms with Gasteiger partial charge in [-0.05, 0) is 0 Å². The summed E-state index contributed by atoms with van der Waals surface area (Å²) in [5.41, 5.74) is -0.0148. The molecule has 0 spiro atoms. The molecule has 0 aromatic rings. The molecular weight excluding hydrogens is 228 g/mol. The largest absolute Gasteiger partial charge is 0.396 e. The predicted octanol–water partition coefficient (Wildman–Crippen LogP) is 0.641. The number of hydrogen-bond acceptors (Lipinski definition) is 4. The van der Waals surface area contributed by atoms with Crippen LogP contribution >= 0.6 is 0 Å². The predicted molar refractivity (Wildman–Crippen MR) is 74.6 cm³/mol. The minimum atomic E-state index is -0.00740. The van der Waals surface area contributed by atoms with Gasteiger partial charge in [0.2, 0.25) is 0 Å². The van der Waals surface area contributed by atoms with Crippen LogP contribution < -0.4 is 0 Å². The van der Waals surface area contributed by atoms with Crippen molar-refractivity contribution in [2.24, 2.45) is 10.8 Å². The van der Waals surface area contributed by atoms with Crippen molar-refractivity contribution in [2.45, 2.75) is 27.7 Å². The van der Waals surface area contributed by atoms with Gasteiger partial charge in [0.05, 0.1) is 0 Å². The first-order valence-electron chi connectivity index (χ1n) is 6.94. The van der Waals surface area contributed by atoms with Crippen molar-refractivity contribution in [1.29, 1.82) is 0 Å². The van der Waals surface area contributed by atoms with Crippen LogP contribution in [0.2, 0.25) is 0 Å². The van der Waals surface area contributed by atoms with Crippen LogP contribution in [0.5, 0.6) is 0 Å². The fourth-order valence-corrected chi connectivity index (χ4v) is 2.42. The number of rotatable bonds is 6. The van der Waals surface area contributed by atoms with E-state index in [4.69, 9.17) is 0 Å². The summed E-state index contributed by atoms with van der Waals surface area (Å²) in [7, 11) is 0. The average molecular weight is 258 g/mol. The normalized spacial score (nSPS) is 20.3. The SMILES string of the molecule is CC(C)(CO)CN1CCN(CC(C)(C)CO)CC1. The summed E-state index contributed by atoms with van der Waals surface area (Å²) in [6, 6.07) is 0. The van der Waals surface area contributed by atoms with Crippen molar-refractivity contribution in [3.63, 3.8) is 0 Å². The highest BCUT2D eigenvalue weighted by molar-refractivity contribution is 4.81. The van der Waals surface area contributed by atoms with Gasteiger partial charge < -0.3 is 20.0 Å². The van der Waals surface area contributed by atoms with Gasteiger partial charge in [-0.25, -0.2) is 0 Å². The summed E-state index contributed by atoms with van der Waals surface area (Å²) in [6.45, 7) is 15.1. The van der Waals surface area contributed by atoms with Crippen LogP contribution in [-0.2, 0) is 0 Å². The lowest BCUT2D eigenvalue weighted by Crippen LogP contribution is -2.51. The lowest BCUT2D eigenvalue weighted by Gasteiger charge is -2.40. The molecule has 1 aliphatic heterocycles. The van der Waals surface area contributed by atoms with E-state index >= 15 is 0 Å². The molecule has 0 bridgehead atoms. The molecule has 2 N–H and O–H groups in total. The smallest absolute Gasteiger partial charge is 0.0494 e. The van der Waals surface area contributed by atoms with E-state index in [1.165, 1.54) is 0 Å². The zero-order chi connectivity index (χ0) is 13.8. The summed E-state index contributed by atoms with van der Waals surface area (Å²) in [6.07, 6.45) is 0. The van der Waals surface area contributed by atoms with Crippen LogP contribution in [0.15, 0.2) is 0 Å². The Morgan fingerprint density at radius 1 is 0.722 bits per heavy atom. The zero-order valence-electron chi connectivity index (χ0n) is 12.4. The van der Waals surface area contributed by atoms with Crippen LogP contribution in [-0.4, -0.2) is 72.5 Å². The van der Waals surface area contributed by atoms with Crippen LogP contribution in [0.4, 0.5) is 0 Å². The molecule has 0 saturated carbocycles. The van der Waals surface area contributed by atoms with Gasteiger partial charge in [-0.2, -0.15) is 0 Å². The number of hydrogen-bond donors (Lipinski definition) is 2.